The molecule has 6 heteroatoms. The minimum atomic E-state index is -4.61. The Kier molecular flexibility index (Phi) is 4.46. The van der Waals surface area contributed by atoms with Crippen molar-refractivity contribution in [2.24, 2.45) is 0 Å². The van der Waals surface area contributed by atoms with Crippen LogP contribution in [0.5, 0.6) is 0 Å². The first kappa shape index (κ1) is 15.7. The van der Waals surface area contributed by atoms with E-state index in [-0.39, 0.29) is 6.42 Å². The summed E-state index contributed by atoms with van der Waals surface area (Å²) in [7, 11) is 0. The molecule has 0 N–H and O–H groups in total. The maximum Gasteiger partial charge on any atom is 0.416 e. The maximum absolute atomic E-state index is 13.6. The van der Waals surface area contributed by atoms with Gasteiger partial charge in [-0.1, -0.05) is 28.1 Å². The van der Waals surface area contributed by atoms with Gasteiger partial charge in [0.25, 0.3) is 0 Å². The third kappa shape index (κ3) is 3.91. The van der Waals surface area contributed by atoms with Crippen molar-refractivity contribution in [1.82, 2.24) is 0 Å². The van der Waals surface area contributed by atoms with Gasteiger partial charge in [-0.15, -0.1) is 0 Å². The van der Waals surface area contributed by atoms with Crippen LogP contribution in [0.3, 0.4) is 0 Å². The van der Waals surface area contributed by atoms with Gasteiger partial charge in [-0.2, -0.15) is 13.2 Å². The number of carbonyl (C=O) groups is 1. The van der Waals surface area contributed by atoms with E-state index >= 15 is 0 Å². The largest absolute Gasteiger partial charge is 0.416 e. The van der Waals surface area contributed by atoms with Gasteiger partial charge in [0.15, 0.2) is 5.78 Å². The zero-order chi connectivity index (χ0) is 15.6. The molecule has 2 aromatic carbocycles. The molecule has 0 amide bonds. The van der Waals surface area contributed by atoms with Crippen LogP contribution in [0.2, 0.25) is 0 Å². The van der Waals surface area contributed by atoms with Gasteiger partial charge in [0, 0.05) is 10.9 Å². The average molecular weight is 361 g/mol. The lowest BCUT2D eigenvalue weighted by Gasteiger charge is -2.09. The third-order valence-corrected chi connectivity index (χ3v) is 3.34. The van der Waals surface area contributed by atoms with Gasteiger partial charge in [0.1, 0.15) is 5.82 Å². The van der Waals surface area contributed by atoms with Gasteiger partial charge >= 0.3 is 6.18 Å². The Balaban J connectivity index is 2.31. The van der Waals surface area contributed by atoms with Crippen LogP contribution in [0.15, 0.2) is 46.9 Å². The number of rotatable bonds is 3. The fraction of sp³-hybridized carbons (Fsp3) is 0.133. The summed E-state index contributed by atoms with van der Waals surface area (Å²) in [6.45, 7) is 0. The van der Waals surface area contributed by atoms with E-state index in [2.05, 4.69) is 15.9 Å². The number of alkyl halides is 3. The van der Waals surface area contributed by atoms with Crippen molar-refractivity contribution >= 4 is 21.7 Å². The minimum absolute atomic E-state index is 0.169. The summed E-state index contributed by atoms with van der Waals surface area (Å²) in [5, 5.41) is 0. The van der Waals surface area contributed by atoms with Crippen molar-refractivity contribution in [3.05, 3.63) is 69.4 Å². The minimum Gasteiger partial charge on any atom is -0.294 e. The number of ketones is 1. The van der Waals surface area contributed by atoms with E-state index in [0.29, 0.717) is 23.8 Å². The molecule has 21 heavy (non-hydrogen) atoms. The highest BCUT2D eigenvalue weighted by Crippen LogP contribution is 2.30. The Hall–Kier alpha value is -1.69. The molecule has 2 rings (SSSR count). The highest BCUT2D eigenvalue weighted by atomic mass is 79.9. The zero-order valence-electron chi connectivity index (χ0n) is 10.5. The Morgan fingerprint density at radius 3 is 2.43 bits per heavy atom. The topological polar surface area (TPSA) is 17.1 Å². The fourth-order valence-electron chi connectivity index (χ4n) is 1.84. The summed E-state index contributed by atoms with van der Waals surface area (Å²) < 4.78 is 52.1. The van der Waals surface area contributed by atoms with Gasteiger partial charge in [-0.3, -0.25) is 4.79 Å². The smallest absolute Gasteiger partial charge is 0.294 e. The first-order chi connectivity index (χ1) is 9.77. The molecule has 0 aromatic heterocycles. The Bertz CT molecular complexity index is 680. The summed E-state index contributed by atoms with van der Waals surface area (Å²) in [6.07, 6.45) is -4.78. The first-order valence-electron chi connectivity index (χ1n) is 5.92. The number of hydrogen-bond acceptors (Lipinski definition) is 1. The molecule has 0 atom stereocenters. The Labute approximate surface area is 126 Å². The highest BCUT2D eigenvalue weighted by molar-refractivity contribution is 9.10. The first-order valence-corrected chi connectivity index (χ1v) is 6.71. The second-order valence-electron chi connectivity index (χ2n) is 4.42. The molecule has 0 aliphatic heterocycles. The van der Waals surface area contributed by atoms with Crippen molar-refractivity contribution in [3.63, 3.8) is 0 Å². The predicted octanol–water partition coefficient (Wildman–Crippen LogP) is 5.03. The molecule has 110 valence electrons. The lowest BCUT2D eigenvalue weighted by atomic mass is 10.0. The molecule has 2 aromatic rings. The van der Waals surface area contributed by atoms with Crippen LogP contribution in [-0.2, 0) is 12.6 Å². The molecule has 1 nitrogen and oxygen atoms in total. The summed E-state index contributed by atoms with van der Waals surface area (Å²) in [6, 6.07) is 8.57. The molecule has 0 radical (unpaired) electrons. The van der Waals surface area contributed by atoms with Crippen LogP contribution in [0.1, 0.15) is 21.5 Å². The van der Waals surface area contributed by atoms with Crippen molar-refractivity contribution < 1.29 is 22.4 Å². The Morgan fingerprint density at radius 1 is 1.10 bits per heavy atom. The van der Waals surface area contributed by atoms with Gasteiger partial charge in [0.05, 0.1) is 11.1 Å². The monoisotopic (exact) mass is 360 g/mol. The average Bonchev–Trinajstić information content (AvgIpc) is 2.37. The predicted molar refractivity (Wildman–Crippen MR) is 73.6 cm³/mol. The normalized spacial score (nSPS) is 11.5. The van der Waals surface area contributed by atoms with Crippen molar-refractivity contribution in [3.8, 4) is 0 Å². The van der Waals surface area contributed by atoms with E-state index in [9.17, 15) is 22.4 Å². The van der Waals surface area contributed by atoms with Crippen LogP contribution in [0.4, 0.5) is 17.6 Å². The molecule has 0 aliphatic rings. The molecular formula is C15H9BrF4O. The number of Topliss-reactive ketones (excluding diaryl/α,β-unsaturated/α-hetero) is 1. The SMILES string of the molecule is O=C(Cc1cccc(Br)c1)c1cc(C(F)(F)F)ccc1F. The van der Waals surface area contributed by atoms with E-state index in [0.717, 1.165) is 4.47 Å². The quantitative estimate of drug-likeness (QED) is 0.554. The molecule has 0 unspecified atom stereocenters. The summed E-state index contributed by atoms with van der Waals surface area (Å²) >= 11 is 3.23. The van der Waals surface area contributed by atoms with E-state index < -0.39 is 28.9 Å². The second kappa shape index (κ2) is 5.97. The molecule has 0 aliphatic carbocycles. The Morgan fingerprint density at radius 2 is 1.81 bits per heavy atom. The molecule has 0 fully saturated rings. The number of halogens is 5. The van der Waals surface area contributed by atoms with Crippen LogP contribution in [0.25, 0.3) is 0 Å². The van der Waals surface area contributed by atoms with E-state index in [1.54, 1.807) is 24.3 Å². The second-order valence-corrected chi connectivity index (χ2v) is 5.34. The number of benzene rings is 2. The molecule has 0 saturated carbocycles. The molecule has 0 spiro atoms. The van der Waals surface area contributed by atoms with Crippen LogP contribution >= 0.6 is 15.9 Å². The van der Waals surface area contributed by atoms with E-state index in [1.807, 2.05) is 0 Å². The van der Waals surface area contributed by atoms with Gasteiger partial charge in [-0.25, -0.2) is 4.39 Å². The van der Waals surface area contributed by atoms with Gasteiger partial charge < -0.3 is 0 Å². The summed E-state index contributed by atoms with van der Waals surface area (Å²) in [4.78, 5) is 12.0. The van der Waals surface area contributed by atoms with E-state index in [4.69, 9.17) is 0 Å². The molecule has 0 bridgehead atoms. The van der Waals surface area contributed by atoms with Crippen LogP contribution in [-0.4, -0.2) is 5.78 Å². The standard InChI is InChI=1S/C15H9BrF4O/c16-11-3-1-2-9(6-11)7-14(21)12-8-10(15(18,19)20)4-5-13(12)17/h1-6,8H,7H2. The van der Waals surface area contributed by atoms with Crippen LogP contribution in [0, 0.1) is 5.82 Å². The fourth-order valence-corrected chi connectivity index (χ4v) is 2.29. The van der Waals surface area contributed by atoms with Gasteiger partial charge in [0.2, 0.25) is 0 Å². The molecule has 0 saturated heterocycles. The lowest BCUT2D eigenvalue weighted by molar-refractivity contribution is -0.137. The maximum atomic E-state index is 13.6. The van der Waals surface area contributed by atoms with Crippen LogP contribution < -0.4 is 0 Å². The number of hydrogen-bond donors (Lipinski definition) is 0. The highest BCUT2D eigenvalue weighted by Gasteiger charge is 2.31. The molecule has 0 heterocycles. The number of carbonyl (C=O) groups excluding carboxylic acids is 1. The third-order valence-electron chi connectivity index (χ3n) is 2.85. The van der Waals surface area contributed by atoms with Crippen molar-refractivity contribution in [2.45, 2.75) is 12.6 Å². The lowest BCUT2D eigenvalue weighted by Crippen LogP contribution is -2.11. The van der Waals surface area contributed by atoms with Crippen molar-refractivity contribution in [1.29, 1.82) is 0 Å². The summed E-state index contributed by atoms with van der Waals surface area (Å²) in [5.41, 5.74) is -1.00. The summed E-state index contributed by atoms with van der Waals surface area (Å²) in [5.74, 6) is -1.65. The van der Waals surface area contributed by atoms with E-state index in [1.165, 1.54) is 0 Å². The molecular weight excluding hydrogens is 352 g/mol. The van der Waals surface area contributed by atoms with Crippen molar-refractivity contribution in [2.75, 3.05) is 0 Å². The van der Waals surface area contributed by atoms with Gasteiger partial charge in [-0.05, 0) is 35.9 Å². The zero-order valence-corrected chi connectivity index (χ0v) is 12.1.